The van der Waals surface area contributed by atoms with E-state index >= 15 is 0 Å². The van der Waals surface area contributed by atoms with Crippen molar-refractivity contribution in [3.63, 3.8) is 0 Å². The lowest BCUT2D eigenvalue weighted by atomic mass is 9.73. The van der Waals surface area contributed by atoms with Crippen LogP contribution in [0.2, 0.25) is 0 Å². The van der Waals surface area contributed by atoms with E-state index in [4.69, 9.17) is 0 Å². The van der Waals surface area contributed by atoms with Gasteiger partial charge in [-0.25, -0.2) is 5.01 Å². The molecule has 1 aliphatic heterocycles. The summed E-state index contributed by atoms with van der Waals surface area (Å²) in [6.45, 7) is 4.19. The molecule has 1 unspecified atom stereocenters. The second-order valence-electron chi connectivity index (χ2n) is 4.73. The number of nitrogens with one attached hydrogen (secondary N) is 1. The third-order valence-electron chi connectivity index (χ3n) is 4.02. The van der Waals surface area contributed by atoms with Crippen molar-refractivity contribution in [1.29, 1.82) is 0 Å². The highest BCUT2D eigenvalue weighted by Crippen LogP contribution is 2.46. The molecule has 1 atom stereocenters. The fourth-order valence-electron chi connectivity index (χ4n) is 2.97. The topological polar surface area (TPSA) is 32.3 Å². The number of carbonyl (C=O) groups is 1. The maximum Gasteiger partial charge on any atom is 0.242 e. The number of benzene rings is 1. The Morgan fingerprint density at radius 3 is 2.35 bits per heavy atom. The Balaban J connectivity index is 2.46. The number of carbonyl (C=O) groups excluding carboxylic acids is 1. The lowest BCUT2D eigenvalue weighted by Gasteiger charge is -2.32. The Morgan fingerprint density at radius 2 is 1.82 bits per heavy atom. The first-order chi connectivity index (χ1) is 8.15. The highest BCUT2D eigenvalue weighted by molar-refractivity contribution is 5.85. The number of nitrogens with zero attached hydrogens (tertiary/aromatic N) is 1. The number of hydrazine groups is 1. The summed E-state index contributed by atoms with van der Waals surface area (Å²) in [5.74, 6) is 0.152. The number of rotatable bonds is 3. The van der Waals surface area contributed by atoms with Crippen molar-refractivity contribution in [2.75, 3.05) is 7.05 Å². The molecule has 0 aliphatic carbocycles. The molecule has 0 bridgehead atoms. The molecule has 1 saturated heterocycles. The van der Waals surface area contributed by atoms with Gasteiger partial charge >= 0.3 is 0 Å². The van der Waals surface area contributed by atoms with Crippen molar-refractivity contribution in [3.05, 3.63) is 35.9 Å². The zero-order chi connectivity index (χ0) is 12.5. The molecule has 1 aromatic rings. The summed E-state index contributed by atoms with van der Waals surface area (Å²) in [7, 11) is 1.95. The summed E-state index contributed by atoms with van der Waals surface area (Å²) >= 11 is 0. The minimum atomic E-state index is -0.296. The van der Waals surface area contributed by atoms with Gasteiger partial charge in [-0.3, -0.25) is 10.2 Å². The van der Waals surface area contributed by atoms with Gasteiger partial charge in [0.05, 0.1) is 11.5 Å². The van der Waals surface area contributed by atoms with E-state index in [1.165, 1.54) is 5.56 Å². The predicted octanol–water partition coefficient (Wildman–Crippen LogP) is 2.51. The summed E-state index contributed by atoms with van der Waals surface area (Å²) in [5.41, 5.74) is 3.86. The molecule has 1 aliphatic rings. The zero-order valence-electron chi connectivity index (χ0n) is 10.7. The van der Waals surface area contributed by atoms with Gasteiger partial charge in [-0.2, -0.15) is 0 Å². The van der Waals surface area contributed by atoms with E-state index < -0.39 is 0 Å². The van der Waals surface area contributed by atoms with E-state index in [1.807, 2.05) is 30.3 Å². The highest BCUT2D eigenvalue weighted by Gasteiger charge is 2.51. The predicted molar refractivity (Wildman–Crippen MR) is 68.1 cm³/mol. The molecule has 2 rings (SSSR count). The molecule has 1 aromatic carbocycles. The van der Waals surface area contributed by atoms with Gasteiger partial charge in [0.1, 0.15) is 0 Å². The molecule has 1 heterocycles. The number of hydrogen-bond acceptors (Lipinski definition) is 2. The van der Waals surface area contributed by atoms with Crippen LogP contribution in [0.1, 0.15) is 38.3 Å². The lowest BCUT2D eigenvalue weighted by Crippen LogP contribution is -2.33. The first-order valence-corrected chi connectivity index (χ1v) is 6.24. The molecule has 3 nitrogen and oxygen atoms in total. The largest absolute Gasteiger partial charge is 0.288 e. The molecular formula is C14H20N2O. The molecule has 92 valence electrons. The van der Waals surface area contributed by atoms with Gasteiger partial charge in [-0.15, -0.1) is 0 Å². The molecule has 0 spiro atoms. The van der Waals surface area contributed by atoms with Crippen molar-refractivity contribution < 1.29 is 4.79 Å². The maximum atomic E-state index is 12.2. The van der Waals surface area contributed by atoms with Crippen molar-refractivity contribution in [2.45, 2.75) is 32.7 Å². The normalized spacial score (nSPS) is 23.7. The SMILES string of the molecule is CCC1(CC)C(=O)NN(C)C1c1ccccc1. The van der Waals surface area contributed by atoms with Crippen molar-refractivity contribution in [3.8, 4) is 0 Å². The smallest absolute Gasteiger partial charge is 0.242 e. The van der Waals surface area contributed by atoms with E-state index in [-0.39, 0.29) is 17.4 Å². The number of amides is 1. The molecule has 1 fully saturated rings. The Kier molecular flexibility index (Phi) is 3.20. The summed E-state index contributed by atoms with van der Waals surface area (Å²) in [6, 6.07) is 10.4. The Bertz CT molecular complexity index is 398. The van der Waals surface area contributed by atoms with Crippen LogP contribution in [0.4, 0.5) is 0 Å². The summed E-state index contributed by atoms with van der Waals surface area (Å²) in [6.07, 6.45) is 1.72. The van der Waals surface area contributed by atoms with Crippen LogP contribution in [0.5, 0.6) is 0 Å². The maximum absolute atomic E-state index is 12.2. The molecule has 0 radical (unpaired) electrons. The monoisotopic (exact) mass is 232 g/mol. The van der Waals surface area contributed by atoms with Gasteiger partial charge in [-0.1, -0.05) is 44.2 Å². The first kappa shape index (κ1) is 12.1. The van der Waals surface area contributed by atoms with E-state index in [2.05, 4.69) is 31.4 Å². The highest BCUT2D eigenvalue weighted by atomic mass is 16.2. The molecule has 3 heteroatoms. The second-order valence-corrected chi connectivity index (χ2v) is 4.73. The third-order valence-corrected chi connectivity index (χ3v) is 4.02. The fourth-order valence-corrected chi connectivity index (χ4v) is 2.97. The van der Waals surface area contributed by atoms with Crippen LogP contribution in [0, 0.1) is 5.41 Å². The number of hydrogen-bond donors (Lipinski definition) is 1. The molecule has 0 saturated carbocycles. The van der Waals surface area contributed by atoms with Crippen molar-refractivity contribution in [1.82, 2.24) is 10.4 Å². The van der Waals surface area contributed by atoms with Crippen LogP contribution < -0.4 is 5.43 Å². The van der Waals surface area contributed by atoms with Gasteiger partial charge in [0.2, 0.25) is 5.91 Å². The third kappa shape index (κ3) is 1.75. The minimum absolute atomic E-state index is 0.131. The van der Waals surface area contributed by atoms with Crippen LogP contribution in [0.3, 0.4) is 0 Å². The van der Waals surface area contributed by atoms with Crippen LogP contribution in [-0.4, -0.2) is 18.0 Å². The summed E-state index contributed by atoms with van der Waals surface area (Å²) < 4.78 is 0. The van der Waals surface area contributed by atoms with E-state index in [0.29, 0.717) is 0 Å². The van der Waals surface area contributed by atoms with Crippen molar-refractivity contribution >= 4 is 5.91 Å². The molecule has 0 aromatic heterocycles. The van der Waals surface area contributed by atoms with Gasteiger partial charge < -0.3 is 0 Å². The fraction of sp³-hybridized carbons (Fsp3) is 0.500. The first-order valence-electron chi connectivity index (χ1n) is 6.24. The minimum Gasteiger partial charge on any atom is -0.288 e. The van der Waals surface area contributed by atoms with Crippen molar-refractivity contribution in [2.24, 2.45) is 5.41 Å². The van der Waals surface area contributed by atoms with Crippen LogP contribution in [0.15, 0.2) is 30.3 Å². The average molecular weight is 232 g/mol. The second kappa shape index (κ2) is 4.49. The van der Waals surface area contributed by atoms with Gasteiger partial charge in [0.15, 0.2) is 0 Å². The zero-order valence-corrected chi connectivity index (χ0v) is 10.7. The Morgan fingerprint density at radius 1 is 1.24 bits per heavy atom. The van der Waals surface area contributed by atoms with Gasteiger partial charge in [-0.05, 0) is 18.4 Å². The van der Waals surface area contributed by atoms with Gasteiger partial charge in [0.25, 0.3) is 0 Å². The lowest BCUT2D eigenvalue weighted by molar-refractivity contribution is -0.128. The van der Waals surface area contributed by atoms with E-state index in [9.17, 15) is 4.79 Å². The molecule has 1 N–H and O–H groups in total. The molecule has 17 heavy (non-hydrogen) atoms. The quantitative estimate of drug-likeness (QED) is 0.868. The summed E-state index contributed by atoms with van der Waals surface area (Å²) in [4.78, 5) is 12.2. The standard InChI is InChI=1S/C14H20N2O/c1-4-14(5-2)12(16(3)15-13(14)17)11-9-7-6-8-10-11/h6-10,12H,4-5H2,1-3H3,(H,15,17). The van der Waals surface area contributed by atoms with E-state index in [0.717, 1.165) is 12.8 Å². The van der Waals surface area contributed by atoms with Crippen LogP contribution in [0.25, 0.3) is 0 Å². The molecule has 1 amide bonds. The van der Waals surface area contributed by atoms with Crippen LogP contribution >= 0.6 is 0 Å². The van der Waals surface area contributed by atoms with Crippen LogP contribution in [-0.2, 0) is 4.79 Å². The molecular weight excluding hydrogens is 212 g/mol. The van der Waals surface area contributed by atoms with Gasteiger partial charge in [0, 0.05) is 7.05 Å². The Labute approximate surface area is 103 Å². The average Bonchev–Trinajstić information content (AvgIpc) is 2.61. The Hall–Kier alpha value is -1.35. The van der Waals surface area contributed by atoms with E-state index in [1.54, 1.807) is 0 Å². The summed E-state index contributed by atoms with van der Waals surface area (Å²) in [5, 5.41) is 1.95.